The average Bonchev–Trinajstić information content (AvgIpc) is 2.70. The molecule has 0 aromatic heterocycles. The quantitative estimate of drug-likeness (QED) is 0.631. The number of nitrogens with zero attached hydrogens (tertiary/aromatic N) is 1. The van der Waals surface area contributed by atoms with Crippen LogP contribution in [0, 0.1) is 0 Å². The first-order chi connectivity index (χ1) is 8.67. The lowest BCUT2D eigenvalue weighted by molar-refractivity contribution is -0.119. The molecule has 1 heterocycles. The molecule has 0 aliphatic carbocycles. The summed E-state index contributed by atoms with van der Waals surface area (Å²) in [4.78, 5) is 24.4. The summed E-state index contributed by atoms with van der Waals surface area (Å²) in [6.45, 7) is 0. The van der Waals surface area contributed by atoms with E-state index in [4.69, 9.17) is 23.2 Å². The van der Waals surface area contributed by atoms with Gasteiger partial charge in [-0.2, -0.15) is 0 Å². The molecular formula is C13H9Cl2NO2. The Balaban J connectivity index is 2.50. The van der Waals surface area contributed by atoms with Crippen LogP contribution in [0.5, 0.6) is 0 Å². The first-order valence-electron chi connectivity index (χ1n) is 5.19. The molecule has 0 saturated carbocycles. The summed E-state index contributed by atoms with van der Waals surface area (Å²) in [7, 11) is 0. The van der Waals surface area contributed by atoms with E-state index in [0.29, 0.717) is 17.1 Å². The highest BCUT2D eigenvalue weighted by Gasteiger charge is 2.26. The van der Waals surface area contributed by atoms with Gasteiger partial charge in [0.25, 0.3) is 11.8 Å². The van der Waals surface area contributed by atoms with Crippen molar-refractivity contribution < 1.29 is 9.59 Å². The zero-order valence-electron chi connectivity index (χ0n) is 9.27. The number of rotatable bonds is 3. The van der Waals surface area contributed by atoms with Gasteiger partial charge in [-0.15, -0.1) is 11.6 Å². The molecule has 0 saturated heterocycles. The molecule has 3 nitrogen and oxygen atoms in total. The number of amides is 2. The summed E-state index contributed by atoms with van der Waals surface area (Å²) < 4.78 is 0. The van der Waals surface area contributed by atoms with Crippen LogP contribution in [0.3, 0.4) is 0 Å². The third-order valence-electron chi connectivity index (χ3n) is 2.54. The predicted molar refractivity (Wildman–Crippen MR) is 72.5 cm³/mol. The van der Waals surface area contributed by atoms with Gasteiger partial charge in [0.15, 0.2) is 0 Å². The lowest BCUT2D eigenvalue weighted by atomic mass is 10.1. The maximum absolute atomic E-state index is 11.6. The van der Waals surface area contributed by atoms with Crippen LogP contribution >= 0.6 is 23.2 Å². The molecule has 2 amide bonds. The molecule has 0 radical (unpaired) electrons. The number of imide groups is 1. The number of halogens is 2. The Hall–Kier alpha value is -1.58. The van der Waals surface area contributed by atoms with Crippen molar-refractivity contribution in [2.24, 2.45) is 0 Å². The normalized spacial score (nSPS) is 15.1. The van der Waals surface area contributed by atoms with Gasteiger partial charge in [0, 0.05) is 23.6 Å². The van der Waals surface area contributed by atoms with Crippen molar-refractivity contribution in [3.8, 4) is 0 Å². The number of benzene rings is 1. The number of carbonyl (C=O) groups is 2. The minimum atomic E-state index is -0.358. The molecule has 0 N–H and O–H groups in total. The van der Waals surface area contributed by atoms with E-state index in [2.05, 4.69) is 0 Å². The van der Waals surface area contributed by atoms with E-state index in [0.717, 1.165) is 10.5 Å². The third kappa shape index (κ3) is 2.33. The first kappa shape index (κ1) is 12.9. The number of hydrogen-bond donors (Lipinski definition) is 0. The number of alkyl halides is 1. The second-order valence-corrected chi connectivity index (χ2v) is 4.18. The summed E-state index contributed by atoms with van der Waals surface area (Å²) in [5.74, 6) is -0.366. The summed E-state index contributed by atoms with van der Waals surface area (Å²) >= 11 is 11.3. The van der Waals surface area contributed by atoms with Gasteiger partial charge in [0.05, 0.1) is 5.69 Å². The van der Waals surface area contributed by atoms with Gasteiger partial charge in [0.2, 0.25) is 0 Å². The fourth-order valence-corrected chi connectivity index (χ4v) is 2.03. The van der Waals surface area contributed by atoms with E-state index >= 15 is 0 Å². The molecule has 1 aromatic carbocycles. The van der Waals surface area contributed by atoms with E-state index in [1.165, 1.54) is 17.7 Å². The Bertz CT molecular complexity index is 546. The maximum Gasteiger partial charge on any atom is 0.258 e. The van der Waals surface area contributed by atoms with Crippen molar-refractivity contribution in [2.45, 2.75) is 5.88 Å². The number of carbonyl (C=O) groups excluding carboxylic acids is 2. The molecule has 92 valence electrons. The van der Waals surface area contributed by atoms with Gasteiger partial charge in [0.1, 0.15) is 0 Å². The standard InChI is InChI=1S/C13H9Cl2NO2/c14-6-5-10-7-9(8-15)1-2-11(10)16-12(17)3-4-13(16)18/h1-7H,8H2/b6-5+. The monoisotopic (exact) mass is 281 g/mol. The van der Waals surface area contributed by atoms with E-state index < -0.39 is 0 Å². The summed E-state index contributed by atoms with van der Waals surface area (Å²) in [6.07, 6.45) is 4.10. The fourth-order valence-electron chi connectivity index (χ4n) is 1.73. The van der Waals surface area contributed by atoms with Crippen molar-refractivity contribution in [1.29, 1.82) is 0 Å². The van der Waals surface area contributed by atoms with Gasteiger partial charge < -0.3 is 0 Å². The molecular weight excluding hydrogens is 273 g/mol. The van der Waals surface area contributed by atoms with E-state index in [9.17, 15) is 9.59 Å². The number of hydrogen-bond acceptors (Lipinski definition) is 2. The van der Waals surface area contributed by atoms with E-state index in [1.54, 1.807) is 24.3 Å². The number of anilines is 1. The first-order valence-corrected chi connectivity index (χ1v) is 6.16. The minimum Gasteiger partial charge on any atom is -0.269 e. The zero-order valence-corrected chi connectivity index (χ0v) is 10.8. The molecule has 18 heavy (non-hydrogen) atoms. The highest BCUT2D eigenvalue weighted by atomic mass is 35.5. The van der Waals surface area contributed by atoms with Gasteiger partial charge in [-0.05, 0) is 29.3 Å². The Morgan fingerprint density at radius 1 is 1.17 bits per heavy atom. The molecule has 5 heteroatoms. The van der Waals surface area contributed by atoms with Crippen molar-refractivity contribution in [2.75, 3.05) is 4.90 Å². The third-order valence-corrected chi connectivity index (χ3v) is 2.97. The van der Waals surface area contributed by atoms with Crippen molar-refractivity contribution in [1.82, 2.24) is 0 Å². The van der Waals surface area contributed by atoms with Gasteiger partial charge in [-0.25, -0.2) is 4.90 Å². The molecule has 0 atom stereocenters. The SMILES string of the molecule is O=C1C=CC(=O)N1c1ccc(CCl)cc1/C=C/Cl. The summed E-state index contributed by atoms with van der Waals surface area (Å²) in [5.41, 5.74) is 3.39. The van der Waals surface area contributed by atoms with Crippen LogP contribution in [0.1, 0.15) is 11.1 Å². The Labute approximate surface area is 114 Å². The van der Waals surface area contributed by atoms with E-state index in [-0.39, 0.29) is 11.8 Å². The zero-order chi connectivity index (χ0) is 13.1. The Morgan fingerprint density at radius 2 is 1.83 bits per heavy atom. The summed E-state index contributed by atoms with van der Waals surface area (Å²) in [6, 6.07) is 5.25. The Kier molecular flexibility index (Phi) is 3.84. The predicted octanol–water partition coefficient (Wildman–Crippen LogP) is 3.06. The van der Waals surface area contributed by atoms with Crippen LogP contribution in [0.15, 0.2) is 35.9 Å². The van der Waals surface area contributed by atoms with Crippen LogP contribution in [-0.2, 0) is 15.5 Å². The lowest BCUT2D eigenvalue weighted by Crippen LogP contribution is -2.30. The van der Waals surface area contributed by atoms with Gasteiger partial charge >= 0.3 is 0 Å². The maximum atomic E-state index is 11.6. The summed E-state index contributed by atoms with van der Waals surface area (Å²) in [5, 5.41) is 0. The average molecular weight is 282 g/mol. The smallest absolute Gasteiger partial charge is 0.258 e. The minimum absolute atomic E-state index is 0.351. The molecule has 0 spiro atoms. The molecule has 1 aliphatic rings. The van der Waals surface area contributed by atoms with Crippen molar-refractivity contribution in [3.63, 3.8) is 0 Å². The van der Waals surface area contributed by atoms with Crippen LogP contribution < -0.4 is 4.90 Å². The van der Waals surface area contributed by atoms with Crippen molar-refractivity contribution >= 4 is 46.8 Å². The topological polar surface area (TPSA) is 37.4 Å². The lowest BCUT2D eigenvalue weighted by Gasteiger charge is -2.17. The molecule has 0 bridgehead atoms. The van der Waals surface area contributed by atoms with Crippen LogP contribution in [-0.4, -0.2) is 11.8 Å². The van der Waals surface area contributed by atoms with Gasteiger partial charge in [-0.1, -0.05) is 17.7 Å². The second-order valence-electron chi connectivity index (χ2n) is 3.66. The van der Waals surface area contributed by atoms with E-state index in [1.807, 2.05) is 0 Å². The molecule has 0 fully saturated rings. The second kappa shape index (κ2) is 5.38. The van der Waals surface area contributed by atoms with Crippen LogP contribution in [0.2, 0.25) is 0 Å². The fraction of sp³-hybridized carbons (Fsp3) is 0.0769. The molecule has 0 unspecified atom stereocenters. The largest absolute Gasteiger partial charge is 0.269 e. The van der Waals surface area contributed by atoms with Crippen molar-refractivity contribution in [3.05, 3.63) is 47.0 Å². The highest BCUT2D eigenvalue weighted by molar-refractivity contribution is 6.29. The molecule has 2 rings (SSSR count). The molecule has 1 aliphatic heterocycles. The Morgan fingerprint density at radius 3 is 2.39 bits per heavy atom. The highest BCUT2D eigenvalue weighted by Crippen LogP contribution is 2.27. The molecule has 1 aromatic rings. The van der Waals surface area contributed by atoms with Crippen LogP contribution in [0.4, 0.5) is 5.69 Å². The van der Waals surface area contributed by atoms with Crippen LogP contribution in [0.25, 0.3) is 6.08 Å². The van der Waals surface area contributed by atoms with Gasteiger partial charge in [-0.3, -0.25) is 9.59 Å².